The number of benzene rings is 1. The third-order valence-electron chi connectivity index (χ3n) is 3.65. The summed E-state index contributed by atoms with van der Waals surface area (Å²) in [5, 5.41) is 13.9. The second-order valence-electron chi connectivity index (χ2n) is 5.43. The van der Waals surface area contributed by atoms with Crippen molar-refractivity contribution in [2.45, 2.75) is 24.5 Å². The lowest BCUT2D eigenvalue weighted by Crippen LogP contribution is -2.29. The summed E-state index contributed by atoms with van der Waals surface area (Å²) in [4.78, 5) is 36.5. The molecule has 0 spiro atoms. The molecule has 0 aliphatic heterocycles. The monoisotopic (exact) mass is 392 g/mol. The number of aryl methyl sites for hydroxylation is 1. The molecule has 138 valence electrons. The molecule has 0 amide bonds. The summed E-state index contributed by atoms with van der Waals surface area (Å²) in [6.07, 6.45) is -1.32. The Balaban J connectivity index is 2.19. The van der Waals surface area contributed by atoms with Gasteiger partial charge in [-0.25, -0.2) is 4.68 Å². The van der Waals surface area contributed by atoms with E-state index in [4.69, 9.17) is 25.3 Å². The van der Waals surface area contributed by atoms with E-state index < -0.39 is 26.7 Å². The predicted molar refractivity (Wildman–Crippen MR) is 87.3 cm³/mol. The first kappa shape index (κ1) is 19.7. The number of anilines is 1. The maximum absolute atomic E-state index is 11.3. The fourth-order valence-corrected chi connectivity index (χ4v) is 4.32. The van der Waals surface area contributed by atoms with Crippen LogP contribution in [0.15, 0.2) is 30.3 Å². The highest BCUT2D eigenvalue weighted by Crippen LogP contribution is 2.69. The van der Waals surface area contributed by atoms with Crippen molar-refractivity contribution in [3.05, 3.63) is 41.6 Å². The van der Waals surface area contributed by atoms with E-state index in [2.05, 4.69) is 10.3 Å². The van der Waals surface area contributed by atoms with Gasteiger partial charge in [0.1, 0.15) is 11.5 Å². The third kappa shape index (κ3) is 4.16. The Morgan fingerprint density at radius 3 is 2.16 bits per heavy atom. The van der Waals surface area contributed by atoms with Crippen molar-refractivity contribution in [3.63, 3.8) is 0 Å². The highest BCUT2D eigenvalue weighted by molar-refractivity contribution is 7.72. The molecule has 2 rings (SSSR count). The maximum Gasteiger partial charge on any atom is 0.369 e. The van der Waals surface area contributed by atoms with E-state index in [0.717, 1.165) is 5.56 Å². The quantitative estimate of drug-likeness (QED) is 0.345. The summed E-state index contributed by atoms with van der Waals surface area (Å²) < 4.78 is 24.0. The lowest BCUT2D eigenvalue weighted by molar-refractivity contribution is 0.123. The number of hydrogen-bond acceptors (Lipinski definition) is 6. The molecule has 0 aliphatic rings. The molecular formula is C12H18N4O7P2. The zero-order chi connectivity index (χ0) is 18.9. The molecule has 11 nitrogen and oxygen atoms in total. The van der Waals surface area contributed by atoms with Crippen molar-refractivity contribution in [3.8, 4) is 0 Å². The van der Waals surface area contributed by atoms with Gasteiger partial charge in [-0.3, -0.25) is 9.13 Å². The average Bonchev–Trinajstić information content (AvgIpc) is 2.84. The molecule has 13 heteroatoms. The molecular weight excluding hydrogens is 374 g/mol. The second-order valence-corrected chi connectivity index (χ2v) is 9.44. The third-order valence-corrected chi connectivity index (χ3v) is 7.53. The van der Waals surface area contributed by atoms with Crippen LogP contribution in [0.5, 0.6) is 0 Å². The Kier molecular flexibility index (Phi) is 5.50. The summed E-state index contributed by atoms with van der Waals surface area (Å²) in [5.74, 6) is 0.0719. The van der Waals surface area contributed by atoms with Gasteiger partial charge in [0.2, 0.25) is 0 Å². The molecule has 0 radical (unpaired) electrons. The summed E-state index contributed by atoms with van der Waals surface area (Å²) in [6.45, 7) is 0.293. The molecule has 7 N–H and O–H groups in total. The van der Waals surface area contributed by atoms with Crippen molar-refractivity contribution in [2.75, 3.05) is 5.73 Å². The van der Waals surface area contributed by atoms with Gasteiger partial charge in [0.15, 0.2) is 0 Å². The molecule has 1 aromatic carbocycles. The van der Waals surface area contributed by atoms with Crippen molar-refractivity contribution in [2.24, 2.45) is 0 Å². The number of aromatic nitrogens is 3. The molecule has 25 heavy (non-hydrogen) atoms. The Labute approximate surface area is 142 Å². The topological polar surface area (TPSA) is 192 Å². The Morgan fingerprint density at radius 1 is 1.08 bits per heavy atom. The van der Waals surface area contributed by atoms with Crippen LogP contribution in [-0.4, -0.2) is 44.8 Å². The average molecular weight is 392 g/mol. The van der Waals surface area contributed by atoms with Crippen molar-refractivity contribution in [1.29, 1.82) is 0 Å². The maximum atomic E-state index is 11.3. The Hall–Kier alpha value is -1.58. The fraction of sp³-hybridized carbons (Fsp3) is 0.333. The molecule has 0 saturated carbocycles. The van der Waals surface area contributed by atoms with E-state index in [0.29, 0.717) is 6.54 Å². The first-order valence-corrected chi connectivity index (χ1v) is 10.2. The number of nitrogens with zero attached hydrogens (tertiary/aromatic N) is 3. The molecule has 1 aromatic heterocycles. The van der Waals surface area contributed by atoms with Crippen molar-refractivity contribution in [1.82, 2.24) is 15.0 Å². The van der Waals surface area contributed by atoms with Crippen LogP contribution in [0.2, 0.25) is 0 Å². The van der Waals surface area contributed by atoms with E-state index in [1.165, 1.54) is 4.68 Å². The van der Waals surface area contributed by atoms with Gasteiger partial charge in [-0.1, -0.05) is 35.5 Å². The van der Waals surface area contributed by atoms with Gasteiger partial charge in [0.05, 0.1) is 6.54 Å². The van der Waals surface area contributed by atoms with E-state index in [1.54, 1.807) is 0 Å². The molecule has 0 bridgehead atoms. The largest absolute Gasteiger partial charge is 0.382 e. The lowest BCUT2D eigenvalue weighted by Gasteiger charge is -2.28. The SMILES string of the molecule is Nc1c(CCC(O)(P(=O)(O)O)P(=O)(O)O)nnn1Cc1ccccc1. The predicted octanol–water partition coefficient (Wildman–Crippen LogP) is -0.157. The zero-order valence-corrected chi connectivity index (χ0v) is 14.7. The van der Waals surface area contributed by atoms with E-state index in [9.17, 15) is 14.2 Å². The molecule has 0 atom stereocenters. The summed E-state index contributed by atoms with van der Waals surface area (Å²) in [7, 11) is -11.0. The van der Waals surface area contributed by atoms with Crippen LogP contribution in [0, 0.1) is 0 Å². The van der Waals surface area contributed by atoms with Gasteiger partial charge in [-0.05, 0) is 12.0 Å². The van der Waals surface area contributed by atoms with Gasteiger partial charge in [0, 0.05) is 6.42 Å². The first-order valence-electron chi connectivity index (χ1n) is 7.01. The second kappa shape index (κ2) is 6.97. The number of rotatable bonds is 7. The molecule has 0 fully saturated rings. The van der Waals surface area contributed by atoms with Gasteiger partial charge in [-0.15, -0.1) is 5.10 Å². The molecule has 2 aromatic rings. The van der Waals surface area contributed by atoms with Crippen molar-refractivity contribution >= 4 is 21.0 Å². The highest BCUT2D eigenvalue weighted by atomic mass is 31.2. The normalized spacial score (nSPS) is 13.2. The van der Waals surface area contributed by atoms with Crippen LogP contribution >= 0.6 is 15.2 Å². The minimum absolute atomic E-state index is 0.0660. The number of hydrogen-bond donors (Lipinski definition) is 6. The van der Waals surface area contributed by atoms with E-state index in [-0.39, 0.29) is 17.9 Å². The van der Waals surface area contributed by atoms with Crippen LogP contribution in [-0.2, 0) is 22.1 Å². The standard InChI is InChI=1S/C12H18N4O7P2/c13-11-10(6-7-12(17,24(18,19)20)25(21,22)23)14-15-16(11)8-9-4-2-1-3-5-9/h1-5,17H,6-8,13H2,(H2,18,19,20)(H2,21,22,23). The number of nitrogens with two attached hydrogens (primary N) is 1. The molecule has 1 heterocycles. The molecule has 0 unspecified atom stereocenters. The van der Waals surface area contributed by atoms with Crippen LogP contribution in [0.25, 0.3) is 0 Å². The highest BCUT2D eigenvalue weighted by Gasteiger charge is 2.58. The molecule has 0 saturated heterocycles. The minimum atomic E-state index is -5.51. The van der Waals surface area contributed by atoms with Gasteiger partial charge in [0.25, 0.3) is 5.08 Å². The van der Waals surface area contributed by atoms with Crippen LogP contribution < -0.4 is 5.73 Å². The Bertz CT molecular complexity index is 807. The number of aliphatic hydroxyl groups is 1. The summed E-state index contributed by atoms with van der Waals surface area (Å²) in [6, 6.07) is 9.15. The van der Waals surface area contributed by atoms with Gasteiger partial charge >= 0.3 is 15.2 Å². The first-order chi connectivity index (χ1) is 11.5. The van der Waals surface area contributed by atoms with Crippen molar-refractivity contribution < 1.29 is 33.8 Å². The van der Waals surface area contributed by atoms with E-state index >= 15 is 0 Å². The van der Waals surface area contributed by atoms with Gasteiger partial charge in [-0.2, -0.15) is 0 Å². The van der Waals surface area contributed by atoms with Crippen LogP contribution in [0.4, 0.5) is 5.82 Å². The fourth-order valence-electron chi connectivity index (χ4n) is 2.15. The summed E-state index contributed by atoms with van der Waals surface area (Å²) >= 11 is 0. The van der Waals surface area contributed by atoms with Gasteiger partial charge < -0.3 is 30.4 Å². The zero-order valence-electron chi connectivity index (χ0n) is 12.9. The summed E-state index contributed by atoms with van der Waals surface area (Å²) in [5.41, 5.74) is 6.81. The minimum Gasteiger partial charge on any atom is -0.382 e. The van der Waals surface area contributed by atoms with Crippen LogP contribution in [0.1, 0.15) is 17.7 Å². The van der Waals surface area contributed by atoms with Crippen LogP contribution in [0.3, 0.4) is 0 Å². The lowest BCUT2D eigenvalue weighted by atomic mass is 10.2. The smallest absolute Gasteiger partial charge is 0.369 e. The Morgan fingerprint density at radius 2 is 1.64 bits per heavy atom. The molecule has 0 aliphatic carbocycles. The van der Waals surface area contributed by atoms with E-state index in [1.807, 2.05) is 30.3 Å². The number of nitrogen functional groups attached to an aromatic ring is 1.